The number of hydrogen-bond acceptors (Lipinski definition) is 7. The number of piperazine rings is 1. The fourth-order valence-electron chi connectivity index (χ4n) is 6.74. The van der Waals surface area contributed by atoms with Crippen LogP contribution in [0.5, 0.6) is 0 Å². The van der Waals surface area contributed by atoms with Gasteiger partial charge >= 0.3 is 12.1 Å². The number of amides is 4. The van der Waals surface area contributed by atoms with Crippen LogP contribution in [0.25, 0.3) is 0 Å². The average Bonchev–Trinajstić information content (AvgIpc) is 3.49. The van der Waals surface area contributed by atoms with Crippen LogP contribution >= 0.6 is 43.2 Å². The topological polar surface area (TPSA) is 88.7 Å². The number of anilines is 1. The summed E-state index contributed by atoms with van der Waals surface area (Å²) in [5.74, 6) is -0.124. The fourth-order valence-corrected chi connectivity index (χ4v) is 8.24. The zero-order valence-electron chi connectivity index (χ0n) is 25.1. The summed E-state index contributed by atoms with van der Waals surface area (Å²) in [7, 11) is 2.17. The first-order chi connectivity index (χ1) is 21.2. The Kier molecular flexibility index (Phi) is 10.2. The number of carbonyl (C=O) groups excluding carboxylic acids is 3. The Morgan fingerprint density at radius 3 is 2.32 bits per heavy atom. The van der Waals surface area contributed by atoms with Crippen molar-refractivity contribution in [1.82, 2.24) is 24.5 Å². The first-order valence-electron chi connectivity index (χ1n) is 15.5. The minimum atomic E-state index is -0.904. The molecule has 1 unspecified atom stereocenters. The number of hydrogen-bond donors (Lipinski definition) is 1. The van der Waals surface area contributed by atoms with Gasteiger partial charge in [0.25, 0.3) is 5.91 Å². The van der Waals surface area contributed by atoms with Gasteiger partial charge in [-0.15, -0.1) is 11.3 Å². The second-order valence-electron chi connectivity index (χ2n) is 12.3. The molecule has 1 aromatic carbocycles. The molecule has 1 atom stereocenters. The zero-order chi connectivity index (χ0) is 30.8. The third-order valence-electron chi connectivity index (χ3n) is 9.48. The molecule has 0 bridgehead atoms. The number of likely N-dealkylation sites (tertiary alicyclic amines) is 2. The largest absolute Gasteiger partial charge is 0.436 e. The van der Waals surface area contributed by atoms with Gasteiger partial charge in [0.05, 0.1) is 12.2 Å². The molecule has 0 radical (unpaired) electrons. The number of rotatable bonds is 6. The molecule has 0 spiro atoms. The van der Waals surface area contributed by atoms with Crippen LogP contribution in [0, 0.1) is 0 Å². The third-order valence-corrected chi connectivity index (χ3v) is 12.3. The van der Waals surface area contributed by atoms with Crippen molar-refractivity contribution in [2.24, 2.45) is 0 Å². The highest BCUT2D eigenvalue weighted by atomic mass is 79.9. The van der Waals surface area contributed by atoms with Crippen molar-refractivity contribution >= 4 is 66.9 Å². The average molecular weight is 753 g/mol. The van der Waals surface area contributed by atoms with Gasteiger partial charge in [-0.3, -0.25) is 9.69 Å². The maximum absolute atomic E-state index is 13.9. The fraction of sp³-hybridized carbons (Fsp3) is 0.581. The summed E-state index contributed by atoms with van der Waals surface area (Å²) in [5, 5.41) is 4.98. The minimum Gasteiger partial charge on any atom is -0.436 e. The van der Waals surface area contributed by atoms with E-state index in [0.717, 1.165) is 64.1 Å². The first kappa shape index (κ1) is 31.8. The number of piperidine rings is 2. The quantitative estimate of drug-likeness (QED) is 0.444. The van der Waals surface area contributed by atoms with Crippen LogP contribution in [0.3, 0.4) is 0 Å². The van der Waals surface area contributed by atoms with E-state index in [4.69, 9.17) is 4.74 Å². The lowest BCUT2D eigenvalue weighted by Crippen LogP contribution is -2.54. The Balaban J connectivity index is 1.07. The molecule has 1 N–H and O–H groups in total. The van der Waals surface area contributed by atoms with Crippen molar-refractivity contribution in [1.29, 1.82) is 0 Å². The third kappa shape index (κ3) is 7.27. The van der Waals surface area contributed by atoms with Gasteiger partial charge in [-0.05, 0) is 93.7 Å². The van der Waals surface area contributed by atoms with Crippen LogP contribution in [-0.2, 0) is 22.5 Å². The highest BCUT2D eigenvalue weighted by molar-refractivity contribution is 9.13. The van der Waals surface area contributed by atoms with E-state index in [1.54, 1.807) is 16.2 Å². The smallest absolute Gasteiger partial charge is 0.410 e. The minimum absolute atomic E-state index is 0.0495. The molecule has 5 heterocycles. The summed E-state index contributed by atoms with van der Waals surface area (Å²) >= 11 is 8.72. The summed E-state index contributed by atoms with van der Waals surface area (Å²) in [4.78, 5) is 51.7. The molecule has 2 aromatic rings. The van der Waals surface area contributed by atoms with Crippen LogP contribution < -0.4 is 5.32 Å². The van der Waals surface area contributed by atoms with Crippen molar-refractivity contribution in [3.8, 4) is 0 Å². The van der Waals surface area contributed by atoms with Crippen molar-refractivity contribution in [3.63, 3.8) is 0 Å². The molecule has 44 heavy (non-hydrogen) atoms. The lowest BCUT2D eigenvalue weighted by Gasteiger charge is -2.42. The van der Waals surface area contributed by atoms with Gasteiger partial charge in [0, 0.05) is 84.7 Å². The number of fused-ring (bicyclic) bond motifs is 1. The van der Waals surface area contributed by atoms with Crippen LogP contribution in [0.15, 0.2) is 38.6 Å². The predicted octanol–water partition coefficient (Wildman–Crippen LogP) is 5.07. The normalized spacial score (nSPS) is 21.6. The molecule has 6 rings (SSSR count). The number of urea groups is 1. The molecule has 3 saturated heterocycles. The number of ether oxygens (including phenoxy) is 1. The van der Waals surface area contributed by atoms with E-state index in [1.807, 2.05) is 39.4 Å². The Morgan fingerprint density at radius 2 is 1.61 bits per heavy atom. The molecular weight excluding hydrogens is 712 g/mol. The standard InChI is InChI=1S/C31H40Br2N6O4S/c1-35-13-15-36(16-14-35)22-4-9-37(10-5-22)29(40)27(19-21-2-3-24(32)25(33)18-21)43-31(42)38-11-6-23(7-12-38)39-20-28-26(8-17-44-28)34-30(39)41/h2-3,8,17-18,22-23,27H,4-7,9-16,19-20H2,1H3,(H,34,41). The first-order valence-corrected chi connectivity index (χ1v) is 18.0. The molecule has 4 aliphatic heterocycles. The molecule has 4 aliphatic rings. The molecule has 3 fully saturated rings. The van der Waals surface area contributed by atoms with Gasteiger partial charge in [-0.2, -0.15) is 0 Å². The summed E-state index contributed by atoms with van der Waals surface area (Å²) < 4.78 is 7.85. The molecule has 4 amide bonds. The van der Waals surface area contributed by atoms with E-state index in [-0.39, 0.29) is 18.0 Å². The Bertz CT molecular complexity index is 1350. The molecule has 0 saturated carbocycles. The number of thiophene rings is 1. The molecule has 0 aliphatic carbocycles. The maximum atomic E-state index is 13.9. The number of nitrogens with zero attached hydrogens (tertiary/aromatic N) is 5. The number of likely N-dealkylation sites (N-methyl/N-ethyl adjacent to an activating group) is 1. The van der Waals surface area contributed by atoms with Crippen LogP contribution in [0.2, 0.25) is 0 Å². The van der Waals surface area contributed by atoms with Crippen molar-refractivity contribution in [2.75, 3.05) is 64.7 Å². The lowest BCUT2D eigenvalue weighted by molar-refractivity contribution is -0.142. The number of nitrogens with one attached hydrogen (secondary N) is 1. The van der Waals surface area contributed by atoms with E-state index in [9.17, 15) is 14.4 Å². The number of benzene rings is 1. The molecule has 1 aromatic heterocycles. The highest BCUT2D eigenvalue weighted by Crippen LogP contribution is 2.32. The van der Waals surface area contributed by atoms with Gasteiger partial charge in [0.1, 0.15) is 0 Å². The van der Waals surface area contributed by atoms with Crippen LogP contribution in [-0.4, -0.2) is 120 Å². The Labute approximate surface area is 279 Å². The summed E-state index contributed by atoms with van der Waals surface area (Å²) in [5.41, 5.74) is 1.82. The Morgan fingerprint density at radius 1 is 0.932 bits per heavy atom. The van der Waals surface area contributed by atoms with E-state index in [1.165, 1.54) is 0 Å². The van der Waals surface area contributed by atoms with Crippen molar-refractivity contribution in [2.45, 2.75) is 56.8 Å². The summed E-state index contributed by atoms with van der Waals surface area (Å²) in [6.07, 6.45) is 2.15. The lowest BCUT2D eigenvalue weighted by atomic mass is 10.0. The van der Waals surface area contributed by atoms with E-state index >= 15 is 0 Å². The molecule has 238 valence electrons. The SMILES string of the molecule is CN1CCN(C2CCN(C(=O)C(Cc3ccc(Br)c(Br)c3)OC(=O)N3CCC(N4Cc5sccc5NC4=O)CC3)CC2)CC1. The second kappa shape index (κ2) is 14.1. The monoisotopic (exact) mass is 750 g/mol. The second-order valence-corrected chi connectivity index (χ2v) is 15.0. The molecule has 13 heteroatoms. The van der Waals surface area contributed by atoms with E-state index in [2.05, 4.69) is 54.0 Å². The number of halogens is 2. The molecule has 10 nitrogen and oxygen atoms in total. The van der Waals surface area contributed by atoms with E-state index < -0.39 is 12.2 Å². The van der Waals surface area contributed by atoms with Gasteiger partial charge < -0.3 is 29.7 Å². The number of carbonyl (C=O) groups is 3. The maximum Gasteiger partial charge on any atom is 0.410 e. The van der Waals surface area contributed by atoms with Crippen LogP contribution in [0.4, 0.5) is 15.3 Å². The predicted molar refractivity (Wildman–Crippen MR) is 178 cm³/mol. The van der Waals surface area contributed by atoms with Gasteiger partial charge in [-0.25, -0.2) is 9.59 Å². The van der Waals surface area contributed by atoms with E-state index in [0.29, 0.717) is 58.0 Å². The zero-order valence-corrected chi connectivity index (χ0v) is 29.0. The van der Waals surface area contributed by atoms with Crippen LogP contribution in [0.1, 0.15) is 36.1 Å². The summed E-state index contributed by atoms with van der Waals surface area (Å²) in [6, 6.07) is 8.25. The summed E-state index contributed by atoms with van der Waals surface area (Å²) in [6.45, 7) is 7.20. The Hall–Kier alpha value is -2.19. The van der Waals surface area contributed by atoms with Gasteiger partial charge in [0.2, 0.25) is 0 Å². The van der Waals surface area contributed by atoms with Gasteiger partial charge in [-0.1, -0.05) is 6.07 Å². The highest BCUT2D eigenvalue weighted by Gasteiger charge is 2.37. The van der Waals surface area contributed by atoms with Crippen molar-refractivity contribution in [3.05, 3.63) is 49.0 Å². The van der Waals surface area contributed by atoms with Gasteiger partial charge in [0.15, 0.2) is 6.10 Å². The van der Waals surface area contributed by atoms with Crippen molar-refractivity contribution < 1.29 is 19.1 Å². The molecular formula is C31H40Br2N6O4S.